The van der Waals surface area contributed by atoms with Crippen LogP contribution in [0.3, 0.4) is 0 Å². The summed E-state index contributed by atoms with van der Waals surface area (Å²) >= 11 is 0. The molecule has 0 aliphatic heterocycles. The van der Waals surface area contributed by atoms with Crippen LogP contribution in [0.1, 0.15) is 6.92 Å². The van der Waals surface area contributed by atoms with E-state index in [2.05, 4.69) is 6.58 Å². The standard InChI is InChI=1S/C21H16O5/c1-3-20(23)26-21-17-12-8-7-11-16(17)18(13-19(21)24-14(2)22)25-15-9-5-4-6-10-15/h3-13H,1H2,2H3. The van der Waals surface area contributed by atoms with Gasteiger partial charge in [0.05, 0.1) is 0 Å². The molecule has 0 amide bonds. The number of hydrogen-bond acceptors (Lipinski definition) is 5. The second kappa shape index (κ2) is 7.53. The second-order valence-electron chi connectivity index (χ2n) is 5.38. The molecule has 3 aromatic carbocycles. The quantitative estimate of drug-likeness (QED) is 0.382. The van der Waals surface area contributed by atoms with Crippen LogP contribution in [-0.4, -0.2) is 11.9 Å². The lowest BCUT2D eigenvalue weighted by atomic mass is 10.1. The van der Waals surface area contributed by atoms with Crippen molar-refractivity contribution in [2.24, 2.45) is 0 Å². The fourth-order valence-electron chi connectivity index (χ4n) is 2.47. The first-order valence-electron chi connectivity index (χ1n) is 7.90. The number of carbonyl (C=O) groups is 2. The molecule has 0 saturated heterocycles. The maximum Gasteiger partial charge on any atom is 0.335 e. The number of rotatable bonds is 5. The summed E-state index contributed by atoms with van der Waals surface area (Å²) in [6.07, 6.45) is 1.04. The molecule has 0 spiro atoms. The van der Waals surface area contributed by atoms with Crippen molar-refractivity contribution in [1.82, 2.24) is 0 Å². The normalized spacial score (nSPS) is 10.2. The molecule has 3 rings (SSSR count). The van der Waals surface area contributed by atoms with Crippen LogP contribution >= 0.6 is 0 Å². The third kappa shape index (κ3) is 3.72. The fraction of sp³-hybridized carbons (Fsp3) is 0.0476. The van der Waals surface area contributed by atoms with Crippen molar-refractivity contribution in [1.29, 1.82) is 0 Å². The van der Waals surface area contributed by atoms with Crippen molar-refractivity contribution in [2.75, 3.05) is 0 Å². The van der Waals surface area contributed by atoms with E-state index in [4.69, 9.17) is 14.2 Å². The van der Waals surface area contributed by atoms with E-state index in [1.807, 2.05) is 42.5 Å². The van der Waals surface area contributed by atoms with E-state index in [0.29, 0.717) is 22.3 Å². The summed E-state index contributed by atoms with van der Waals surface area (Å²) in [6, 6.07) is 18.0. The molecule has 0 aliphatic carbocycles. The number of carbonyl (C=O) groups excluding carboxylic acids is 2. The lowest BCUT2D eigenvalue weighted by Gasteiger charge is -2.15. The van der Waals surface area contributed by atoms with E-state index in [-0.39, 0.29) is 11.5 Å². The number of para-hydroxylation sites is 1. The molecule has 0 bridgehead atoms. The number of esters is 2. The Balaban J connectivity index is 2.19. The van der Waals surface area contributed by atoms with Gasteiger partial charge in [-0.25, -0.2) is 4.79 Å². The number of hydrogen-bond donors (Lipinski definition) is 0. The van der Waals surface area contributed by atoms with Crippen LogP contribution in [0.2, 0.25) is 0 Å². The molecule has 0 unspecified atom stereocenters. The molecule has 0 aromatic heterocycles. The molecule has 130 valence electrons. The first-order valence-corrected chi connectivity index (χ1v) is 7.90. The monoisotopic (exact) mass is 348 g/mol. The summed E-state index contributed by atoms with van der Waals surface area (Å²) in [4.78, 5) is 23.2. The lowest BCUT2D eigenvalue weighted by molar-refractivity contribution is -0.133. The molecule has 0 atom stereocenters. The molecule has 0 heterocycles. The van der Waals surface area contributed by atoms with Crippen molar-refractivity contribution >= 4 is 22.7 Å². The minimum Gasteiger partial charge on any atom is -0.457 e. The van der Waals surface area contributed by atoms with Crippen LogP contribution in [0.25, 0.3) is 10.8 Å². The van der Waals surface area contributed by atoms with E-state index in [1.165, 1.54) is 13.0 Å². The van der Waals surface area contributed by atoms with Gasteiger partial charge in [-0.1, -0.05) is 49.0 Å². The maximum absolute atomic E-state index is 11.7. The third-order valence-corrected chi connectivity index (χ3v) is 3.52. The summed E-state index contributed by atoms with van der Waals surface area (Å²) in [5, 5.41) is 1.28. The summed E-state index contributed by atoms with van der Waals surface area (Å²) < 4.78 is 16.5. The maximum atomic E-state index is 11.7. The van der Waals surface area contributed by atoms with Crippen molar-refractivity contribution in [3.05, 3.63) is 73.3 Å². The first kappa shape index (κ1) is 17.2. The van der Waals surface area contributed by atoms with Gasteiger partial charge in [-0.2, -0.15) is 0 Å². The van der Waals surface area contributed by atoms with Gasteiger partial charge in [0.1, 0.15) is 11.5 Å². The van der Waals surface area contributed by atoms with Crippen LogP contribution in [0.15, 0.2) is 73.3 Å². The van der Waals surface area contributed by atoms with Gasteiger partial charge in [-0.3, -0.25) is 4.79 Å². The smallest absolute Gasteiger partial charge is 0.335 e. The van der Waals surface area contributed by atoms with Gasteiger partial charge in [0.15, 0.2) is 11.5 Å². The second-order valence-corrected chi connectivity index (χ2v) is 5.38. The fourth-order valence-corrected chi connectivity index (χ4v) is 2.47. The Morgan fingerprint density at radius 3 is 2.19 bits per heavy atom. The molecular formula is C21H16O5. The average molecular weight is 348 g/mol. The third-order valence-electron chi connectivity index (χ3n) is 3.52. The Bertz CT molecular complexity index is 976. The van der Waals surface area contributed by atoms with Gasteiger partial charge in [0, 0.05) is 29.8 Å². The van der Waals surface area contributed by atoms with Gasteiger partial charge in [-0.15, -0.1) is 0 Å². The van der Waals surface area contributed by atoms with Crippen LogP contribution in [0, 0.1) is 0 Å². The molecule has 0 saturated carbocycles. The number of fused-ring (bicyclic) bond motifs is 1. The van der Waals surface area contributed by atoms with Crippen molar-refractivity contribution in [3.8, 4) is 23.0 Å². The van der Waals surface area contributed by atoms with Crippen molar-refractivity contribution < 1.29 is 23.8 Å². The van der Waals surface area contributed by atoms with Gasteiger partial charge in [0.2, 0.25) is 0 Å². The predicted octanol–water partition coefficient (Wildman–Crippen LogP) is 4.65. The van der Waals surface area contributed by atoms with Crippen LogP contribution in [-0.2, 0) is 9.59 Å². The van der Waals surface area contributed by atoms with Gasteiger partial charge in [0.25, 0.3) is 0 Å². The topological polar surface area (TPSA) is 61.8 Å². The van der Waals surface area contributed by atoms with E-state index in [1.54, 1.807) is 12.1 Å². The lowest BCUT2D eigenvalue weighted by Crippen LogP contribution is -2.08. The van der Waals surface area contributed by atoms with Crippen molar-refractivity contribution in [3.63, 3.8) is 0 Å². The Morgan fingerprint density at radius 1 is 0.885 bits per heavy atom. The van der Waals surface area contributed by atoms with E-state index < -0.39 is 11.9 Å². The molecule has 0 aliphatic rings. The highest BCUT2D eigenvalue weighted by molar-refractivity contribution is 5.98. The van der Waals surface area contributed by atoms with Crippen LogP contribution in [0.4, 0.5) is 0 Å². The number of benzene rings is 3. The summed E-state index contributed by atoms with van der Waals surface area (Å²) in [5.74, 6) is 0.143. The van der Waals surface area contributed by atoms with Gasteiger partial charge in [-0.05, 0) is 12.1 Å². The van der Waals surface area contributed by atoms with E-state index in [9.17, 15) is 9.59 Å². The summed E-state index contributed by atoms with van der Waals surface area (Å²) in [7, 11) is 0. The zero-order valence-electron chi connectivity index (χ0n) is 14.1. The molecule has 26 heavy (non-hydrogen) atoms. The highest BCUT2D eigenvalue weighted by Crippen LogP contribution is 2.43. The van der Waals surface area contributed by atoms with Crippen LogP contribution < -0.4 is 14.2 Å². The summed E-state index contributed by atoms with van der Waals surface area (Å²) in [6.45, 7) is 4.66. The highest BCUT2D eigenvalue weighted by Gasteiger charge is 2.19. The number of ether oxygens (including phenoxy) is 3. The minimum absolute atomic E-state index is 0.0948. The van der Waals surface area contributed by atoms with Gasteiger partial charge < -0.3 is 14.2 Å². The predicted molar refractivity (Wildman–Crippen MR) is 97.6 cm³/mol. The van der Waals surface area contributed by atoms with E-state index >= 15 is 0 Å². The Hall–Kier alpha value is -3.60. The molecule has 0 N–H and O–H groups in total. The molecule has 0 fully saturated rings. The molecule has 5 nitrogen and oxygen atoms in total. The zero-order valence-corrected chi connectivity index (χ0v) is 14.1. The SMILES string of the molecule is C=CC(=O)Oc1c(OC(C)=O)cc(Oc2ccccc2)c2ccccc12. The van der Waals surface area contributed by atoms with Gasteiger partial charge >= 0.3 is 11.9 Å². The Labute approximate surface area is 150 Å². The minimum atomic E-state index is -0.653. The molecule has 5 heteroatoms. The van der Waals surface area contributed by atoms with Crippen LogP contribution in [0.5, 0.6) is 23.0 Å². The zero-order chi connectivity index (χ0) is 18.5. The summed E-state index contributed by atoms with van der Waals surface area (Å²) in [5.41, 5.74) is 0. The molecular weight excluding hydrogens is 332 g/mol. The average Bonchev–Trinajstić information content (AvgIpc) is 2.65. The first-order chi connectivity index (χ1) is 12.6. The van der Waals surface area contributed by atoms with E-state index in [0.717, 1.165) is 6.08 Å². The largest absolute Gasteiger partial charge is 0.457 e. The molecule has 0 radical (unpaired) electrons. The van der Waals surface area contributed by atoms with Crippen molar-refractivity contribution in [2.45, 2.75) is 6.92 Å². The Morgan fingerprint density at radius 2 is 1.54 bits per heavy atom. The molecule has 3 aromatic rings. The highest BCUT2D eigenvalue weighted by atomic mass is 16.6. The Kier molecular flexibility index (Phi) is 4.99.